The Labute approximate surface area is 136 Å². The molecule has 0 aromatic heterocycles. The van der Waals surface area contributed by atoms with Gasteiger partial charge in [0.2, 0.25) is 0 Å². The van der Waals surface area contributed by atoms with Crippen molar-refractivity contribution < 1.29 is 16.0 Å². The van der Waals surface area contributed by atoms with E-state index < -0.39 is 0 Å². The zero-order valence-corrected chi connectivity index (χ0v) is 14.6. The molecule has 0 aromatic carbocycles. The van der Waals surface area contributed by atoms with Crippen LogP contribution in [-0.2, 0) is 16.0 Å². The Kier molecular flexibility index (Phi) is 19.4. The third kappa shape index (κ3) is 18.2. The van der Waals surface area contributed by atoms with Gasteiger partial charge in [-0.3, -0.25) is 0 Å². The predicted octanol–water partition coefficient (Wildman–Crippen LogP) is 5.93. The Hall–Kier alpha value is 0.219. The maximum absolute atomic E-state index is 5.48. The van der Waals surface area contributed by atoms with E-state index in [4.69, 9.17) is 5.73 Å². The van der Waals surface area contributed by atoms with Gasteiger partial charge in [0, 0.05) is 0 Å². The van der Waals surface area contributed by atoms with E-state index in [2.05, 4.69) is 28.2 Å². The van der Waals surface area contributed by atoms with Gasteiger partial charge in [0.1, 0.15) is 0 Å². The summed E-state index contributed by atoms with van der Waals surface area (Å²) < 4.78 is 0. The van der Waals surface area contributed by atoms with Crippen LogP contribution < -0.4 is 5.73 Å². The number of rotatable bonds is 16. The van der Waals surface area contributed by atoms with Crippen LogP contribution in [0.4, 0.5) is 0 Å². The zero-order valence-electron chi connectivity index (χ0n) is 13.4. The van der Waals surface area contributed by atoms with E-state index in [1.807, 2.05) is 0 Å². The predicted molar refractivity (Wildman–Crippen MR) is 87.6 cm³/mol. The Balaban J connectivity index is 3.01. The summed E-state index contributed by atoms with van der Waals surface area (Å²) in [5.41, 5.74) is 5.48. The Bertz CT molecular complexity index is 172. The van der Waals surface area contributed by atoms with Crippen molar-refractivity contribution in [2.45, 2.75) is 95.2 Å². The molecule has 2 heteroatoms. The molecular weight excluding hydrogens is 285 g/mol. The fourth-order valence-electron chi connectivity index (χ4n) is 2.41. The summed E-state index contributed by atoms with van der Waals surface area (Å²) in [6, 6.07) is 0. The molecule has 0 spiro atoms. The fraction of sp³-hybridized carbons (Fsp3) is 0.889. The van der Waals surface area contributed by atoms with Crippen LogP contribution in [0.1, 0.15) is 89.9 Å². The third-order valence-corrected chi connectivity index (χ3v) is 4.16. The quantitative estimate of drug-likeness (QED) is 0.213. The minimum absolute atomic E-state index is 0.860. The van der Waals surface area contributed by atoms with Gasteiger partial charge in [-0.05, 0) is 13.0 Å². The molecule has 1 nitrogen and oxygen atoms in total. The van der Waals surface area contributed by atoms with Crippen LogP contribution in [0.25, 0.3) is 0 Å². The number of unbranched alkanes of at least 4 members (excludes halogenated alkanes) is 12. The first-order valence-corrected chi connectivity index (χ1v) is 9.66. The molecule has 0 amide bonds. The van der Waals surface area contributed by atoms with Crippen LogP contribution in [-0.4, -0.2) is 6.54 Å². The topological polar surface area (TPSA) is 26.0 Å². The van der Waals surface area contributed by atoms with Crippen molar-refractivity contribution in [1.82, 2.24) is 0 Å². The van der Waals surface area contributed by atoms with E-state index in [0.717, 1.165) is 6.54 Å². The molecule has 0 aliphatic carbocycles. The van der Waals surface area contributed by atoms with Gasteiger partial charge < -0.3 is 5.73 Å². The van der Waals surface area contributed by atoms with Gasteiger partial charge in [-0.1, -0.05) is 25.7 Å². The summed E-state index contributed by atoms with van der Waals surface area (Å²) in [7, 11) is 0. The van der Waals surface area contributed by atoms with Crippen molar-refractivity contribution in [3.8, 4) is 0 Å². The van der Waals surface area contributed by atoms with Crippen molar-refractivity contribution >= 4 is 0 Å². The first kappa shape index (κ1) is 20.2. The second kappa shape index (κ2) is 19.2. The monoisotopic (exact) mass is 321 g/mol. The second-order valence-corrected chi connectivity index (χ2v) is 6.36. The van der Waals surface area contributed by atoms with Gasteiger partial charge in [0.25, 0.3) is 0 Å². The van der Waals surface area contributed by atoms with Crippen LogP contribution in [0.15, 0.2) is 12.2 Å². The molecule has 0 aliphatic heterocycles. The van der Waals surface area contributed by atoms with E-state index in [1.165, 1.54) is 95.2 Å². The van der Waals surface area contributed by atoms with Crippen LogP contribution in [0, 0.1) is 0 Å². The van der Waals surface area contributed by atoms with Crippen molar-refractivity contribution in [3.05, 3.63) is 12.2 Å². The average Bonchev–Trinajstić information content (AvgIpc) is 2.47. The molecule has 0 heterocycles. The molecular formula is C18H36MnN. The Morgan fingerprint density at radius 2 is 0.950 bits per heavy atom. The molecule has 0 aromatic rings. The molecule has 20 heavy (non-hydrogen) atoms. The summed E-state index contributed by atoms with van der Waals surface area (Å²) in [5.74, 6) is 0. The number of nitrogens with two attached hydrogens (primary N) is 1. The van der Waals surface area contributed by atoms with Crippen molar-refractivity contribution in [2.75, 3.05) is 6.54 Å². The normalized spacial score (nSPS) is 11.5. The van der Waals surface area contributed by atoms with Crippen molar-refractivity contribution in [3.63, 3.8) is 0 Å². The summed E-state index contributed by atoms with van der Waals surface area (Å²) in [4.78, 5) is 0. The van der Waals surface area contributed by atoms with Crippen LogP contribution in [0.5, 0.6) is 0 Å². The van der Waals surface area contributed by atoms with Crippen LogP contribution in [0.2, 0.25) is 5.32 Å². The molecule has 0 unspecified atom stereocenters. The minimum atomic E-state index is 0.860. The van der Waals surface area contributed by atoms with Gasteiger partial charge in [-0.15, -0.1) is 0 Å². The molecule has 0 rings (SSSR count). The summed E-state index contributed by atoms with van der Waals surface area (Å²) >= 11 is 3.48. The first-order chi connectivity index (χ1) is 9.91. The summed E-state index contributed by atoms with van der Waals surface area (Å²) in [6.45, 7) is 0.860. The molecule has 0 bridgehead atoms. The van der Waals surface area contributed by atoms with Crippen molar-refractivity contribution in [2.24, 2.45) is 5.73 Å². The zero-order chi connectivity index (χ0) is 14.7. The molecule has 0 saturated carbocycles. The van der Waals surface area contributed by atoms with E-state index in [1.54, 1.807) is 0 Å². The van der Waals surface area contributed by atoms with E-state index in [9.17, 15) is 0 Å². The van der Waals surface area contributed by atoms with Gasteiger partial charge >= 0.3 is 91.3 Å². The molecule has 0 saturated heterocycles. The Morgan fingerprint density at radius 1 is 0.550 bits per heavy atom. The van der Waals surface area contributed by atoms with E-state index in [-0.39, 0.29) is 0 Å². The van der Waals surface area contributed by atoms with E-state index in [0.29, 0.717) is 0 Å². The first-order valence-electron chi connectivity index (χ1n) is 8.83. The fourth-order valence-corrected chi connectivity index (χ4v) is 2.71. The van der Waals surface area contributed by atoms with E-state index >= 15 is 0 Å². The second-order valence-electron chi connectivity index (χ2n) is 5.77. The van der Waals surface area contributed by atoms with Gasteiger partial charge in [-0.25, -0.2) is 0 Å². The molecule has 0 aliphatic rings. The number of hydrogen-bond donors (Lipinski definition) is 1. The molecule has 120 valence electrons. The standard InChI is InChI=1S/C18H36N.Mn/c1-2-3-4-5-6-7-8-9-10-11-12-13-14-15-16-17-18-19;/h9-10H,1-8,11-19H2;/b10-9-;. The SMILES string of the molecule is NCCCCCCCC/C=C\CCCCCCC[CH2][Mn]. The average molecular weight is 321 g/mol. The number of hydrogen-bond acceptors (Lipinski definition) is 1. The molecule has 0 atom stereocenters. The van der Waals surface area contributed by atoms with Crippen molar-refractivity contribution in [1.29, 1.82) is 0 Å². The molecule has 0 fully saturated rings. The maximum atomic E-state index is 5.48. The Morgan fingerprint density at radius 3 is 1.40 bits per heavy atom. The molecule has 2 N–H and O–H groups in total. The summed E-state index contributed by atoms with van der Waals surface area (Å²) in [6.07, 6.45) is 23.8. The number of allylic oxidation sites excluding steroid dienone is 2. The third-order valence-electron chi connectivity index (χ3n) is 3.75. The summed E-state index contributed by atoms with van der Waals surface area (Å²) in [5, 5.41) is 1.17. The molecule has 0 radical (unpaired) electrons. The van der Waals surface area contributed by atoms with Gasteiger partial charge in [0.05, 0.1) is 0 Å². The van der Waals surface area contributed by atoms with Gasteiger partial charge in [0.15, 0.2) is 0 Å². The van der Waals surface area contributed by atoms with Crippen LogP contribution in [0.3, 0.4) is 0 Å². The van der Waals surface area contributed by atoms with Gasteiger partial charge in [-0.2, -0.15) is 0 Å². The van der Waals surface area contributed by atoms with Crippen LogP contribution >= 0.6 is 0 Å².